The first-order valence-electron chi connectivity index (χ1n) is 7.46. The van der Waals surface area contributed by atoms with Crippen molar-refractivity contribution in [3.63, 3.8) is 0 Å². The second-order valence-corrected chi connectivity index (χ2v) is 6.17. The van der Waals surface area contributed by atoms with E-state index in [0.717, 1.165) is 35.4 Å². The zero-order valence-electron chi connectivity index (χ0n) is 12.9. The average Bonchev–Trinajstić information content (AvgIpc) is 2.76. The van der Waals surface area contributed by atoms with Crippen molar-refractivity contribution in [1.29, 1.82) is 0 Å². The lowest BCUT2D eigenvalue weighted by molar-refractivity contribution is 0.396. The van der Waals surface area contributed by atoms with Crippen LogP contribution in [0.1, 0.15) is 51.0 Å². The van der Waals surface area contributed by atoms with Gasteiger partial charge in [0.05, 0.1) is 0 Å². The van der Waals surface area contributed by atoms with Crippen LogP contribution in [0.5, 0.6) is 0 Å². The number of aryl methyl sites for hydroxylation is 2. The summed E-state index contributed by atoms with van der Waals surface area (Å²) in [4.78, 5) is 9.33. The molecule has 2 aromatic heterocycles. The van der Waals surface area contributed by atoms with Crippen molar-refractivity contribution in [2.24, 2.45) is 5.92 Å². The monoisotopic (exact) mass is 293 g/mol. The minimum Gasteiger partial charge on any atom is -0.310 e. The van der Waals surface area contributed by atoms with Gasteiger partial charge in [-0.1, -0.05) is 20.3 Å². The Balaban J connectivity index is 2.45. The average molecular weight is 294 g/mol. The summed E-state index contributed by atoms with van der Waals surface area (Å²) in [5, 5.41) is 0. The van der Waals surface area contributed by atoms with Crippen molar-refractivity contribution in [2.45, 2.75) is 53.0 Å². The number of rotatable bonds is 6. The predicted molar refractivity (Wildman–Crippen MR) is 85.5 cm³/mol. The molecular formula is C16H24ClN3. The van der Waals surface area contributed by atoms with Crippen LogP contribution in [0.4, 0.5) is 0 Å². The highest BCUT2D eigenvalue weighted by atomic mass is 35.5. The number of halogens is 1. The van der Waals surface area contributed by atoms with Gasteiger partial charge in [0, 0.05) is 24.5 Å². The molecule has 20 heavy (non-hydrogen) atoms. The third-order valence-electron chi connectivity index (χ3n) is 3.94. The number of hydrogen-bond acceptors (Lipinski definition) is 2. The fourth-order valence-electron chi connectivity index (χ4n) is 2.71. The molecule has 0 aliphatic carbocycles. The van der Waals surface area contributed by atoms with Crippen LogP contribution in [0.15, 0.2) is 12.3 Å². The highest BCUT2D eigenvalue weighted by molar-refractivity contribution is 6.17. The van der Waals surface area contributed by atoms with E-state index in [-0.39, 0.29) is 0 Å². The molecular weight excluding hydrogens is 270 g/mol. The molecule has 0 radical (unpaired) electrons. The van der Waals surface area contributed by atoms with Crippen molar-refractivity contribution < 1.29 is 0 Å². The van der Waals surface area contributed by atoms with Crippen LogP contribution in [0, 0.1) is 12.8 Å². The largest absolute Gasteiger partial charge is 0.310 e. The molecule has 2 rings (SSSR count). The molecule has 2 heterocycles. The van der Waals surface area contributed by atoms with Crippen LogP contribution in [0.2, 0.25) is 0 Å². The zero-order chi connectivity index (χ0) is 14.7. The van der Waals surface area contributed by atoms with Crippen molar-refractivity contribution >= 4 is 22.8 Å². The van der Waals surface area contributed by atoms with Crippen LogP contribution in [-0.2, 0) is 6.42 Å². The van der Waals surface area contributed by atoms with Gasteiger partial charge in [-0.05, 0) is 37.8 Å². The zero-order valence-corrected chi connectivity index (χ0v) is 13.6. The van der Waals surface area contributed by atoms with Crippen LogP contribution < -0.4 is 0 Å². The van der Waals surface area contributed by atoms with Gasteiger partial charge in [0.25, 0.3) is 0 Å². The first kappa shape index (κ1) is 15.3. The standard InChI is InChI=1S/C16H24ClN3/c1-5-11(2)8-13(4)20-15(6-7-17)19-14-9-12(3)10-18-16(14)20/h9-11,13H,5-8H2,1-4H3. The lowest BCUT2D eigenvalue weighted by Crippen LogP contribution is -2.13. The number of fused-ring (bicyclic) bond motifs is 1. The Morgan fingerprint density at radius 1 is 1.35 bits per heavy atom. The van der Waals surface area contributed by atoms with E-state index in [9.17, 15) is 0 Å². The summed E-state index contributed by atoms with van der Waals surface area (Å²) in [7, 11) is 0. The lowest BCUT2D eigenvalue weighted by atomic mass is 10.00. The van der Waals surface area contributed by atoms with Gasteiger partial charge >= 0.3 is 0 Å². The third kappa shape index (κ3) is 3.14. The van der Waals surface area contributed by atoms with E-state index in [4.69, 9.17) is 16.6 Å². The second-order valence-electron chi connectivity index (χ2n) is 5.79. The fraction of sp³-hybridized carbons (Fsp3) is 0.625. The third-order valence-corrected chi connectivity index (χ3v) is 4.13. The van der Waals surface area contributed by atoms with Crippen LogP contribution >= 0.6 is 11.6 Å². The van der Waals surface area contributed by atoms with Gasteiger partial charge in [0.1, 0.15) is 11.3 Å². The van der Waals surface area contributed by atoms with Gasteiger partial charge in [0.15, 0.2) is 5.65 Å². The first-order chi connectivity index (χ1) is 9.56. The van der Waals surface area contributed by atoms with Crippen LogP contribution in [-0.4, -0.2) is 20.4 Å². The predicted octanol–water partition coefficient (Wildman–Crippen LogP) is 4.52. The molecule has 0 bridgehead atoms. The van der Waals surface area contributed by atoms with Gasteiger partial charge in [-0.15, -0.1) is 11.6 Å². The Labute approximate surface area is 126 Å². The molecule has 2 aromatic rings. The van der Waals surface area contributed by atoms with Crippen molar-refractivity contribution in [3.05, 3.63) is 23.7 Å². The molecule has 2 unspecified atom stereocenters. The van der Waals surface area contributed by atoms with Gasteiger partial charge in [-0.3, -0.25) is 0 Å². The van der Waals surface area contributed by atoms with Crippen molar-refractivity contribution in [1.82, 2.24) is 14.5 Å². The molecule has 4 heteroatoms. The van der Waals surface area contributed by atoms with E-state index in [1.54, 1.807) is 0 Å². The van der Waals surface area contributed by atoms with Crippen LogP contribution in [0.3, 0.4) is 0 Å². The molecule has 0 aliphatic heterocycles. The molecule has 0 aromatic carbocycles. The number of hydrogen-bond donors (Lipinski definition) is 0. The number of alkyl halides is 1. The highest BCUT2D eigenvalue weighted by Crippen LogP contribution is 2.26. The summed E-state index contributed by atoms with van der Waals surface area (Å²) in [5.74, 6) is 2.36. The first-order valence-corrected chi connectivity index (χ1v) is 7.99. The summed E-state index contributed by atoms with van der Waals surface area (Å²) in [6, 6.07) is 2.51. The summed E-state index contributed by atoms with van der Waals surface area (Å²) in [5.41, 5.74) is 3.13. The van der Waals surface area contributed by atoms with E-state index >= 15 is 0 Å². The highest BCUT2D eigenvalue weighted by Gasteiger charge is 2.18. The smallest absolute Gasteiger partial charge is 0.160 e. The quantitative estimate of drug-likeness (QED) is 0.733. The van der Waals surface area contributed by atoms with Gasteiger partial charge in [-0.2, -0.15) is 0 Å². The number of nitrogens with zero attached hydrogens (tertiary/aromatic N) is 3. The number of pyridine rings is 1. The Kier molecular flexibility index (Phi) is 5.03. The SMILES string of the molecule is CCC(C)CC(C)n1c(CCCl)nc2cc(C)cnc21. The summed E-state index contributed by atoms with van der Waals surface area (Å²) >= 11 is 5.93. The maximum atomic E-state index is 5.93. The molecule has 0 fully saturated rings. The molecule has 3 nitrogen and oxygen atoms in total. The van der Waals surface area contributed by atoms with Crippen molar-refractivity contribution in [3.8, 4) is 0 Å². The lowest BCUT2D eigenvalue weighted by Gasteiger charge is -2.20. The van der Waals surface area contributed by atoms with Crippen molar-refractivity contribution in [2.75, 3.05) is 5.88 Å². The molecule has 0 saturated carbocycles. The summed E-state index contributed by atoms with van der Waals surface area (Å²) in [6.07, 6.45) is 5.06. The van der Waals surface area contributed by atoms with E-state index in [2.05, 4.69) is 43.3 Å². The summed E-state index contributed by atoms with van der Waals surface area (Å²) < 4.78 is 2.28. The number of aromatic nitrogens is 3. The van der Waals surface area contributed by atoms with Gasteiger partial charge in [-0.25, -0.2) is 9.97 Å². The van der Waals surface area contributed by atoms with Gasteiger partial charge < -0.3 is 4.57 Å². The molecule has 0 amide bonds. The molecule has 0 aliphatic rings. The Morgan fingerprint density at radius 2 is 2.10 bits per heavy atom. The molecule has 0 N–H and O–H groups in total. The number of imidazole rings is 1. The summed E-state index contributed by atoms with van der Waals surface area (Å²) in [6.45, 7) is 8.85. The minimum absolute atomic E-state index is 0.406. The normalized spacial score (nSPS) is 14.7. The molecule has 0 saturated heterocycles. The topological polar surface area (TPSA) is 30.7 Å². The maximum absolute atomic E-state index is 5.93. The Morgan fingerprint density at radius 3 is 2.75 bits per heavy atom. The Bertz CT molecular complexity index is 576. The van der Waals surface area contributed by atoms with E-state index in [1.165, 1.54) is 6.42 Å². The molecule has 2 atom stereocenters. The maximum Gasteiger partial charge on any atom is 0.160 e. The fourth-order valence-corrected chi connectivity index (χ4v) is 2.88. The minimum atomic E-state index is 0.406. The van der Waals surface area contributed by atoms with Crippen LogP contribution in [0.25, 0.3) is 11.2 Å². The van der Waals surface area contributed by atoms with E-state index in [0.29, 0.717) is 17.8 Å². The van der Waals surface area contributed by atoms with E-state index < -0.39 is 0 Å². The second kappa shape index (κ2) is 6.57. The van der Waals surface area contributed by atoms with E-state index in [1.807, 2.05) is 6.20 Å². The molecule has 0 spiro atoms. The molecule has 110 valence electrons. The Hall–Kier alpha value is -1.09. The van der Waals surface area contributed by atoms with Gasteiger partial charge in [0.2, 0.25) is 0 Å².